The Hall–Kier alpha value is -3.35. The SMILES string of the molecule is COC(=O)[C@@H]1CC[C@H](n2c(-c3ccccc3)nc3c4c(ccc32)N(C(=O)OC)[C@@H](C)CC4)CC1(C)C. The van der Waals surface area contributed by atoms with Gasteiger partial charge in [-0.2, -0.15) is 0 Å². The molecule has 3 atom stereocenters. The maximum atomic E-state index is 12.6. The van der Waals surface area contributed by atoms with E-state index >= 15 is 0 Å². The van der Waals surface area contributed by atoms with Crippen molar-refractivity contribution in [2.75, 3.05) is 19.1 Å². The minimum Gasteiger partial charge on any atom is -0.469 e. The number of amides is 1. The van der Waals surface area contributed by atoms with Crippen molar-refractivity contribution >= 4 is 28.8 Å². The van der Waals surface area contributed by atoms with Gasteiger partial charge in [0.25, 0.3) is 0 Å². The molecule has 2 aromatic carbocycles. The lowest BCUT2D eigenvalue weighted by atomic mass is 9.67. The lowest BCUT2D eigenvalue weighted by molar-refractivity contribution is -0.152. The molecule has 0 N–H and O–H groups in total. The molecule has 190 valence electrons. The van der Waals surface area contributed by atoms with Gasteiger partial charge in [0.15, 0.2) is 0 Å². The van der Waals surface area contributed by atoms with Crippen LogP contribution in [0.3, 0.4) is 0 Å². The quantitative estimate of drug-likeness (QED) is 0.413. The Labute approximate surface area is 212 Å². The number of ether oxygens (including phenoxy) is 2. The standard InChI is InChI=1S/C29H35N3O4/c1-18-11-13-21-23(31(18)28(34)36-5)15-16-24-25(21)30-26(19-9-7-6-8-10-19)32(24)20-12-14-22(27(33)35-4)29(2,3)17-20/h6-10,15-16,18,20,22H,11-14,17H2,1-5H3/t18-,20-,22-/m0/s1. The fourth-order valence-corrected chi connectivity index (χ4v) is 6.34. The normalized spacial score (nSPS) is 23.2. The smallest absolute Gasteiger partial charge is 0.414 e. The number of carbonyl (C=O) groups is 2. The molecule has 0 saturated heterocycles. The van der Waals surface area contributed by atoms with Crippen LogP contribution in [0.1, 0.15) is 58.1 Å². The van der Waals surface area contributed by atoms with Crippen LogP contribution in [0.25, 0.3) is 22.4 Å². The number of fused-ring (bicyclic) bond motifs is 3. The van der Waals surface area contributed by atoms with E-state index in [2.05, 4.69) is 43.5 Å². The minimum atomic E-state index is -0.339. The molecule has 1 saturated carbocycles. The van der Waals surface area contributed by atoms with Crippen LogP contribution in [0.5, 0.6) is 0 Å². The number of esters is 1. The third-order valence-corrected chi connectivity index (χ3v) is 8.20. The van der Waals surface area contributed by atoms with Crippen LogP contribution in [0.4, 0.5) is 10.5 Å². The van der Waals surface area contributed by atoms with Gasteiger partial charge < -0.3 is 14.0 Å². The average molecular weight is 490 g/mol. The van der Waals surface area contributed by atoms with Crippen molar-refractivity contribution in [2.45, 2.75) is 65.0 Å². The first-order valence-corrected chi connectivity index (χ1v) is 12.8. The summed E-state index contributed by atoms with van der Waals surface area (Å²) in [5.41, 5.74) is 4.85. The molecule has 2 heterocycles. The van der Waals surface area contributed by atoms with Gasteiger partial charge in [-0.15, -0.1) is 0 Å². The first-order valence-electron chi connectivity index (χ1n) is 12.8. The van der Waals surface area contributed by atoms with E-state index in [0.717, 1.165) is 65.8 Å². The highest BCUT2D eigenvalue weighted by molar-refractivity contribution is 5.96. The van der Waals surface area contributed by atoms with E-state index in [0.29, 0.717) is 0 Å². The molecule has 0 bridgehead atoms. The molecular weight excluding hydrogens is 454 g/mol. The molecule has 0 unspecified atom stereocenters. The van der Waals surface area contributed by atoms with E-state index in [9.17, 15) is 9.59 Å². The van der Waals surface area contributed by atoms with Crippen LogP contribution in [0.2, 0.25) is 0 Å². The molecule has 1 aliphatic heterocycles. The number of aromatic nitrogens is 2. The van der Waals surface area contributed by atoms with Crippen LogP contribution in [0.15, 0.2) is 42.5 Å². The highest BCUT2D eigenvalue weighted by Gasteiger charge is 2.43. The first-order chi connectivity index (χ1) is 17.3. The maximum Gasteiger partial charge on any atom is 0.414 e. The summed E-state index contributed by atoms with van der Waals surface area (Å²) in [5, 5.41) is 0. The van der Waals surface area contributed by atoms with Gasteiger partial charge in [-0.1, -0.05) is 44.2 Å². The van der Waals surface area contributed by atoms with Crippen LogP contribution in [0, 0.1) is 11.3 Å². The molecule has 0 spiro atoms. The van der Waals surface area contributed by atoms with E-state index < -0.39 is 0 Å². The molecule has 1 aromatic heterocycles. The van der Waals surface area contributed by atoms with E-state index in [1.807, 2.05) is 24.3 Å². The van der Waals surface area contributed by atoms with Gasteiger partial charge in [-0.3, -0.25) is 9.69 Å². The number of rotatable bonds is 3. The summed E-state index contributed by atoms with van der Waals surface area (Å²) in [4.78, 5) is 32.1. The average Bonchev–Trinajstić information content (AvgIpc) is 3.27. The van der Waals surface area contributed by atoms with E-state index in [4.69, 9.17) is 14.5 Å². The Kier molecular flexibility index (Phi) is 6.27. The van der Waals surface area contributed by atoms with Gasteiger partial charge in [-0.05, 0) is 56.6 Å². The molecule has 1 fully saturated rings. The maximum absolute atomic E-state index is 12.6. The van der Waals surface area contributed by atoms with Crippen LogP contribution in [-0.4, -0.2) is 41.9 Å². The van der Waals surface area contributed by atoms with Gasteiger partial charge in [0.1, 0.15) is 5.82 Å². The van der Waals surface area contributed by atoms with Gasteiger partial charge in [0.05, 0.1) is 36.9 Å². The van der Waals surface area contributed by atoms with Crippen molar-refractivity contribution in [1.82, 2.24) is 9.55 Å². The fourth-order valence-electron chi connectivity index (χ4n) is 6.34. The molecule has 3 aromatic rings. The number of anilines is 1. The van der Waals surface area contributed by atoms with Crippen LogP contribution >= 0.6 is 0 Å². The second kappa shape index (κ2) is 9.26. The summed E-state index contributed by atoms with van der Waals surface area (Å²) in [5.74, 6) is 0.694. The number of hydrogen-bond donors (Lipinski definition) is 0. The number of carbonyl (C=O) groups excluding carboxylic acids is 2. The predicted octanol–water partition coefficient (Wildman–Crippen LogP) is 6.15. The Bertz CT molecular complexity index is 1300. The molecule has 2 aliphatic rings. The molecule has 7 nitrogen and oxygen atoms in total. The van der Waals surface area contributed by atoms with Crippen molar-refractivity contribution < 1.29 is 19.1 Å². The zero-order valence-electron chi connectivity index (χ0n) is 21.8. The minimum absolute atomic E-state index is 0.0625. The number of benzene rings is 2. The van der Waals surface area contributed by atoms with Crippen LogP contribution < -0.4 is 4.90 Å². The summed E-state index contributed by atoms with van der Waals surface area (Å²) in [7, 11) is 2.90. The molecule has 36 heavy (non-hydrogen) atoms. The first kappa shape index (κ1) is 24.3. The van der Waals surface area contributed by atoms with E-state index in [1.165, 1.54) is 14.2 Å². The van der Waals surface area contributed by atoms with Crippen molar-refractivity contribution in [2.24, 2.45) is 11.3 Å². The second-order valence-corrected chi connectivity index (χ2v) is 10.8. The zero-order chi connectivity index (χ0) is 25.6. The Morgan fingerprint density at radius 3 is 2.42 bits per heavy atom. The Morgan fingerprint density at radius 2 is 1.75 bits per heavy atom. The predicted molar refractivity (Wildman–Crippen MR) is 140 cm³/mol. The van der Waals surface area contributed by atoms with Crippen LogP contribution in [-0.2, 0) is 20.7 Å². The lowest BCUT2D eigenvalue weighted by Crippen LogP contribution is -2.42. The monoisotopic (exact) mass is 489 g/mol. The highest BCUT2D eigenvalue weighted by atomic mass is 16.5. The van der Waals surface area contributed by atoms with E-state index in [-0.39, 0.29) is 35.5 Å². The summed E-state index contributed by atoms with van der Waals surface area (Å²) in [6.07, 6.45) is 3.86. The number of hydrogen-bond acceptors (Lipinski definition) is 5. The Balaban J connectivity index is 1.67. The zero-order valence-corrected chi connectivity index (χ0v) is 21.8. The van der Waals surface area contributed by atoms with Gasteiger partial charge in [0.2, 0.25) is 0 Å². The summed E-state index contributed by atoms with van der Waals surface area (Å²) < 4.78 is 12.6. The molecule has 1 amide bonds. The summed E-state index contributed by atoms with van der Waals surface area (Å²) >= 11 is 0. The molecule has 7 heteroatoms. The number of aryl methyl sites for hydroxylation is 1. The van der Waals surface area contributed by atoms with Crippen molar-refractivity contribution in [1.29, 1.82) is 0 Å². The lowest BCUT2D eigenvalue weighted by Gasteiger charge is -2.41. The van der Waals surface area contributed by atoms with Gasteiger partial charge >= 0.3 is 12.1 Å². The van der Waals surface area contributed by atoms with Gasteiger partial charge in [0, 0.05) is 23.2 Å². The fraction of sp³-hybridized carbons (Fsp3) is 0.483. The molecule has 0 radical (unpaired) electrons. The topological polar surface area (TPSA) is 73.7 Å². The third-order valence-electron chi connectivity index (χ3n) is 8.20. The second-order valence-electron chi connectivity index (χ2n) is 10.8. The number of nitrogens with zero attached hydrogens (tertiary/aromatic N) is 3. The molecule has 1 aliphatic carbocycles. The number of methoxy groups -OCH3 is 2. The van der Waals surface area contributed by atoms with Crippen molar-refractivity contribution in [3.05, 3.63) is 48.0 Å². The summed E-state index contributed by atoms with van der Waals surface area (Å²) in [6.45, 7) is 6.39. The van der Waals surface area contributed by atoms with Crippen molar-refractivity contribution in [3.63, 3.8) is 0 Å². The van der Waals surface area contributed by atoms with Crippen molar-refractivity contribution in [3.8, 4) is 11.4 Å². The third kappa shape index (κ3) is 3.94. The van der Waals surface area contributed by atoms with E-state index in [1.54, 1.807) is 4.90 Å². The molecule has 5 rings (SSSR count). The highest BCUT2D eigenvalue weighted by Crippen LogP contribution is 2.48. The Morgan fingerprint density at radius 1 is 1.00 bits per heavy atom. The largest absolute Gasteiger partial charge is 0.469 e. The number of imidazole rings is 1. The van der Waals surface area contributed by atoms with Gasteiger partial charge in [-0.25, -0.2) is 9.78 Å². The summed E-state index contributed by atoms with van der Waals surface area (Å²) in [6, 6.07) is 14.7. The molecular formula is C29H35N3O4.